The first-order chi connectivity index (χ1) is 22.6. The Balaban J connectivity index is 1.01. The maximum absolute atomic E-state index is 14.4. The van der Waals surface area contributed by atoms with Gasteiger partial charge in [-0.1, -0.05) is 48.1 Å². The van der Waals surface area contributed by atoms with Crippen molar-refractivity contribution in [2.75, 3.05) is 7.11 Å². The van der Waals surface area contributed by atoms with Crippen LogP contribution in [0.4, 0.5) is 4.39 Å². The number of nitrogens with one attached hydrogen (secondary N) is 2. The summed E-state index contributed by atoms with van der Waals surface area (Å²) in [4.78, 5) is 17.9. The van der Waals surface area contributed by atoms with Crippen molar-refractivity contribution in [3.05, 3.63) is 143 Å². The van der Waals surface area contributed by atoms with Gasteiger partial charge in [-0.05, 0) is 82.3 Å². The molecule has 7 heteroatoms. The maximum Gasteiger partial charge on any atom is 0.127 e. The highest BCUT2D eigenvalue weighted by molar-refractivity contribution is 6.20. The largest absolute Gasteiger partial charge is 0.497 e. The average molecular weight is 606 g/mol. The van der Waals surface area contributed by atoms with Crippen molar-refractivity contribution in [1.29, 1.82) is 0 Å². The molecule has 3 aromatic heterocycles. The molecule has 2 saturated carbocycles. The number of aliphatic imine (C=N–C) groups is 1. The number of pyridine rings is 2. The fourth-order valence-electron chi connectivity index (χ4n) is 7.52. The van der Waals surface area contributed by atoms with E-state index in [4.69, 9.17) is 9.73 Å². The number of allylic oxidation sites excluding steroid dienone is 4. The third-order valence-electron chi connectivity index (χ3n) is 9.87. The molecule has 1 aliphatic heterocycles. The third-order valence-corrected chi connectivity index (χ3v) is 9.87. The van der Waals surface area contributed by atoms with Gasteiger partial charge in [0.05, 0.1) is 36.3 Å². The highest BCUT2D eigenvalue weighted by Crippen LogP contribution is 2.78. The van der Waals surface area contributed by atoms with Gasteiger partial charge in [0.15, 0.2) is 0 Å². The smallest absolute Gasteiger partial charge is 0.127 e. The number of halogens is 1. The monoisotopic (exact) mass is 605 g/mol. The van der Waals surface area contributed by atoms with Crippen LogP contribution in [0.25, 0.3) is 27.6 Å². The molecule has 4 atom stereocenters. The molecule has 0 saturated heterocycles. The summed E-state index contributed by atoms with van der Waals surface area (Å²) in [5.41, 5.74) is 13.6. The molecule has 5 aromatic rings. The molecule has 2 fully saturated rings. The molecule has 5 aliphatic rings. The molecule has 2 N–H and O–H groups in total. The summed E-state index contributed by atoms with van der Waals surface area (Å²) in [7, 11) is 1.55. The van der Waals surface area contributed by atoms with E-state index in [-0.39, 0.29) is 11.9 Å². The lowest BCUT2D eigenvalue weighted by Gasteiger charge is -2.18. The summed E-state index contributed by atoms with van der Waals surface area (Å²) < 4.78 is 19.7. The van der Waals surface area contributed by atoms with Crippen LogP contribution in [0.5, 0.6) is 5.75 Å². The number of aromatic amines is 1. The number of rotatable bonds is 8. The summed E-state index contributed by atoms with van der Waals surface area (Å²) in [5, 5.41) is 4.54. The normalized spacial score (nSPS) is 24.6. The minimum atomic E-state index is -0.343. The summed E-state index contributed by atoms with van der Waals surface area (Å²) >= 11 is 0. The molecule has 2 unspecified atom stereocenters. The zero-order valence-corrected chi connectivity index (χ0v) is 25.6. The molecule has 4 aliphatic carbocycles. The molecule has 10 rings (SSSR count). The van der Waals surface area contributed by atoms with Crippen LogP contribution in [0, 0.1) is 23.6 Å². The molecule has 6 nitrogen and oxygen atoms in total. The van der Waals surface area contributed by atoms with Gasteiger partial charge in [-0.15, -0.1) is 0 Å². The van der Waals surface area contributed by atoms with Crippen LogP contribution in [0.15, 0.2) is 119 Å². The second-order valence-electron chi connectivity index (χ2n) is 12.7. The van der Waals surface area contributed by atoms with Crippen molar-refractivity contribution in [1.82, 2.24) is 20.3 Å². The van der Waals surface area contributed by atoms with Gasteiger partial charge in [0.25, 0.3) is 0 Å². The fraction of sp³-hybridized carbons (Fsp3) is 0.205. The number of methoxy groups -OCH3 is 1. The minimum Gasteiger partial charge on any atom is -0.497 e. The number of fused-ring (bicyclic) bond motifs is 2. The summed E-state index contributed by atoms with van der Waals surface area (Å²) in [6.07, 6.45) is 12.2. The summed E-state index contributed by atoms with van der Waals surface area (Å²) in [6.45, 7) is 3.78. The SMILES string of the molecule is COc1cc(F)cc(-c2cncc3[nH]c(C4=N[C@@H](C)/C5=C/C=C(/c6cncc(CNCc7ccccc7)c6)C6C7C(=C45)[C@@H]76)cc23)c1. The van der Waals surface area contributed by atoms with Crippen molar-refractivity contribution in [3.63, 3.8) is 0 Å². The van der Waals surface area contributed by atoms with Gasteiger partial charge >= 0.3 is 0 Å². The second-order valence-corrected chi connectivity index (χ2v) is 12.7. The van der Waals surface area contributed by atoms with Crippen molar-refractivity contribution < 1.29 is 9.13 Å². The zero-order valence-electron chi connectivity index (χ0n) is 25.6. The predicted octanol–water partition coefficient (Wildman–Crippen LogP) is 7.45. The van der Waals surface area contributed by atoms with E-state index < -0.39 is 0 Å². The Kier molecular flexibility index (Phi) is 6.18. The Morgan fingerprint density at radius 1 is 0.826 bits per heavy atom. The number of aromatic nitrogens is 3. The molecule has 226 valence electrons. The molecule has 0 radical (unpaired) electrons. The first-order valence-corrected chi connectivity index (χ1v) is 15.8. The fourth-order valence-corrected chi connectivity index (χ4v) is 7.52. The molecule has 0 amide bonds. The van der Waals surface area contributed by atoms with E-state index in [1.807, 2.05) is 30.7 Å². The number of H-pyrrole nitrogens is 1. The number of nitrogens with zero attached hydrogens (tertiary/aromatic N) is 3. The molecular weight excluding hydrogens is 573 g/mol. The van der Waals surface area contributed by atoms with Crippen molar-refractivity contribution >= 4 is 22.2 Å². The van der Waals surface area contributed by atoms with Crippen LogP contribution in [-0.2, 0) is 13.1 Å². The highest BCUT2D eigenvalue weighted by Gasteiger charge is 2.72. The molecule has 2 bridgehead atoms. The van der Waals surface area contributed by atoms with Crippen LogP contribution >= 0.6 is 0 Å². The third kappa shape index (κ3) is 4.45. The lowest BCUT2D eigenvalue weighted by molar-refractivity contribution is 0.411. The van der Waals surface area contributed by atoms with Gasteiger partial charge in [0.1, 0.15) is 11.6 Å². The summed E-state index contributed by atoms with van der Waals surface area (Å²) in [6, 6.07) is 19.7. The Morgan fingerprint density at radius 3 is 2.48 bits per heavy atom. The van der Waals surface area contributed by atoms with Crippen LogP contribution in [0.2, 0.25) is 0 Å². The van der Waals surface area contributed by atoms with E-state index in [0.29, 0.717) is 23.5 Å². The van der Waals surface area contributed by atoms with Gasteiger partial charge < -0.3 is 15.0 Å². The lowest BCUT2D eigenvalue weighted by atomic mass is 9.85. The molecule has 0 spiro atoms. The lowest BCUT2D eigenvalue weighted by Crippen LogP contribution is -2.13. The molecule has 2 aromatic carbocycles. The van der Waals surface area contributed by atoms with Gasteiger partial charge in [-0.25, -0.2) is 4.39 Å². The average Bonchev–Trinajstić information content (AvgIpc) is 3.87. The van der Waals surface area contributed by atoms with Crippen LogP contribution in [0.3, 0.4) is 0 Å². The van der Waals surface area contributed by atoms with Gasteiger partial charge in [0.2, 0.25) is 0 Å². The van der Waals surface area contributed by atoms with E-state index >= 15 is 0 Å². The Hall–Kier alpha value is -5.14. The molecular formula is C39H32FN5O. The first-order valence-electron chi connectivity index (χ1n) is 15.8. The first kappa shape index (κ1) is 27.2. The Labute approximate surface area is 266 Å². The van der Waals surface area contributed by atoms with E-state index in [9.17, 15) is 4.39 Å². The van der Waals surface area contributed by atoms with Gasteiger partial charge in [-0.3, -0.25) is 15.0 Å². The van der Waals surface area contributed by atoms with E-state index in [1.165, 1.54) is 51.1 Å². The summed E-state index contributed by atoms with van der Waals surface area (Å²) in [5.74, 6) is 1.81. The zero-order chi connectivity index (χ0) is 30.9. The van der Waals surface area contributed by atoms with Gasteiger partial charge in [0, 0.05) is 54.3 Å². The standard InChI is InChI=1S/C39H32FN5O/c1-21-28-8-9-29(25-10-23(17-42-18-25)16-41-15-22-6-4-3-5-7-22)34-36-37(34)38(36)35(28)39(44-21)32-14-30-31(19-43-20-33(30)45-32)24-11-26(40)13-27(12-24)46-2/h3-14,17-21,34,36-37,41,45H,15-16H2,1-2H3/b28-8-,29-9-,38-35?/t21-,34?,36+,37?/m0/s1. The van der Waals surface area contributed by atoms with E-state index in [1.54, 1.807) is 13.3 Å². The number of benzene rings is 2. The van der Waals surface area contributed by atoms with Crippen LogP contribution < -0.4 is 10.1 Å². The number of hydrogen-bond donors (Lipinski definition) is 2. The topological polar surface area (TPSA) is 75.2 Å². The van der Waals surface area contributed by atoms with Crippen LogP contribution in [0.1, 0.15) is 29.3 Å². The Bertz CT molecular complexity index is 2160. The van der Waals surface area contributed by atoms with Crippen LogP contribution in [-0.4, -0.2) is 33.8 Å². The Morgan fingerprint density at radius 2 is 1.63 bits per heavy atom. The predicted molar refractivity (Wildman–Crippen MR) is 179 cm³/mol. The maximum atomic E-state index is 14.4. The second kappa shape index (κ2) is 10.5. The number of hydrogen-bond acceptors (Lipinski definition) is 5. The highest BCUT2D eigenvalue weighted by atomic mass is 19.1. The minimum absolute atomic E-state index is 0.0506. The molecule has 4 heterocycles. The van der Waals surface area contributed by atoms with E-state index in [0.717, 1.165) is 46.5 Å². The van der Waals surface area contributed by atoms with Crippen molar-refractivity contribution in [2.24, 2.45) is 22.7 Å². The number of ether oxygens (including phenoxy) is 1. The van der Waals surface area contributed by atoms with Crippen molar-refractivity contribution in [2.45, 2.75) is 26.1 Å². The van der Waals surface area contributed by atoms with Gasteiger partial charge in [-0.2, -0.15) is 0 Å². The van der Waals surface area contributed by atoms with E-state index in [2.05, 4.69) is 75.7 Å². The quantitative estimate of drug-likeness (QED) is 0.193. The van der Waals surface area contributed by atoms with Crippen molar-refractivity contribution in [3.8, 4) is 16.9 Å². The molecule has 46 heavy (non-hydrogen) atoms.